The van der Waals surface area contributed by atoms with Gasteiger partial charge in [0.15, 0.2) is 11.5 Å². The average Bonchev–Trinajstić information content (AvgIpc) is 2.88. The first-order valence-corrected chi connectivity index (χ1v) is 11.6. The summed E-state index contributed by atoms with van der Waals surface area (Å²) in [5.41, 5.74) is 3.27. The zero-order chi connectivity index (χ0) is 23.5. The van der Waals surface area contributed by atoms with E-state index in [0.717, 1.165) is 22.3 Å². The second-order valence-electron chi connectivity index (χ2n) is 7.20. The van der Waals surface area contributed by atoms with Crippen LogP contribution in [0.4, 0.5) is 0 Å². The number of phosphoric ester groups is 1. The zero-order valence-electron chi connectivity index (χ0n) is 18.8. The van der Waals surface area contributed by atoms with Gasteiger partial charge in [-0.05, 0) is 54.7 Å². The Balaban J connectivity index is 2.23. The normalized spacial score (nSPS) is 16.6. The van der Waals surface area contributed by atoms with Crippen LogP contribution in [0.2, 0.25) is 0 Å². The molecule has 174 valence electrons. The summed E-state index contributed by atoms with van der Waals surface area (Å²) in [6.07, 6.45) is 1.21. The molecule has 0 saturated carbocycles. The predicted octanol–water partition coefficient (Wildman–Crippen LogP) is 4.02. The van der Waals surface area contributed by atoms with Crippen LogP contribution in [0.5, 0.6) is 23.0 Å². The molecule has 0 aromatic heterocycles. The second kappa shape index (κ2) is 9.81. The summed E-state index contributed by atoms with van der Waals surface area (Å²) in [5.74, 6) is 1.46. The van der Waals surface area contributed by atoms with Gasteiger partial charge in [0.25, 0.3) is 0 Å². The first kappa shape index (κ1) is 23.9. The topological polar surface area (TPSA) is 113 Å². The molecule has 9 nitrogen and oxygen atoms in total. The lowest BCUT2D eigenvalue weighted by molar-refractivity contribution is -0.119. The number of carbonyl (C=O) groups excluding carboxylic acids is 1. The first-order chi connectivity index (χ1) is 15.2. The number of nitrogens with one attached hydrogen (secondary N) is 1. The highest BCUT2D eigenvalue weighted by Gasteiger charge is 2.30. The van der Waals surface area contributed by atoms with Crippen molar-refractivity contribution in [3.63, 3.8) is 0 Å². The quantitative estimate of drug-likeness (QED) is 0.562. The molecule has 1 unspecified atom stereocenters. The Kier molecular flexibility index (Phi) is 7.33. The molecule has 0 aliphatic heterocycles. The smallest absolute Gasteiger partial charge is 0.493 e. The molecular formula is C22H28NO8P. The summed E-state index contributed by atoms with van der Waals surface area (Å²) >= 11 is 0. The molecule has 1 amide bonds. The lowest BCUT2D eigenvalue weighted by atomic mass is 9.93. The van der Waals surface area contributed by atoms with E-state index in [9.17, 15) is 14.3 Å². The standard InChI is InChI=1S/C22H28NO8P/c1-6-30-32(25,26)31-15-8-9-16-17(12-15)18(23-13(2)24)10-7-14-11-19(27-3)21(28-4)22(29-5)20(14)16/h8-9,11-12,18H,6-7,10H2,1-5H3,(H,23,24)(H,25,26)/t18-/m0/s1. The Morgan fingerprint density at radius 1 is 1.16 bits per heavy atom. The van der Waals surface area contributed by atoms with Gasteiger partial charge < -0.3 is 24.1 Å². The van der Waals surface area contributed by atoms with E-state index in [1.54, 1.807) is 39.3 Å². The van der Waals surface area contributed by atoms with Crippen LogP contribution < -0.4 is 24.1 Å². The van der Waals surface area contributed by atoms with Crippen molar-refractivity contribution in [2.45, 2.75) is 32.7 Å². The number of hydrogen-bond donors (Lipinski definition) is 2. The summed E-state index contributed by atoms with van der Waals surface area (Å²) in [6.45, 7) is 3.07. The third-order valence-corrected chi connectivity index (χ3v) is 6.20. The van der Waals surface area contributed by atoms with Gasteiger partial charge in [0.1, 0.15) is 5.75 Å². The van der Waals surface area contributed by atoms with E-state index in [2.05, 4.69) is 5.32 Å². The van der Waals surface area contributed by atoms with Crippen LogP contribution in [0.15, 0.2) is 24.3 Å². The number of benzene rings is 2. The lowest BCUT2D eigenvalue weighted by Crippen LogP contribution is -2.26. The number of aryl methyl sites for hydroxylation is 1. The molecule has 1 aliphatic rings. The largest absolute Gasteiger partial charge is 0.527 e. The number of ether oxygens (including phenoxy) is 3. The highest BCUT2D eigenvalue weighted by atomic mass is 31.2. The number of carbonyl (C=O) groups is 1. The van der Waals surface area contributed by atoms with Gasteiger partial charge in [0.2, 0.25) is 11.7 Å². The number of rotatable bonds is 8. The molecule has 2 N–H and O–H groups in total. The Morgan fingerprint density at radius 3 is 2.47 bits per heavy atom. The van der Waals surface area contributed by atoms with Gasteiger partial charge in [-0.3, -0.25) is 14.2 Å². The molecule has 2 aromatic carbocycles. The Labute approximate surface area is 187 Å². The number of phosphoric acid groups is 1. The lowest BCUT2D eigenvalue weighted by Gasteiger charge is -2.22. The summed E-state index contributed by atoms with van der Waals surface area (Å²) < 4.78 is 38.9. The monoisotopic (exact) mass is 465 g/mol. The highest BCUT2D eigenvalue weighted by Crippen LogP contribution is 2.52. The summed E-state index contributed by atoms with van der Waals surface area (Å²) in [5, 5.41) is 2.96. The van der Waals surface area contributed by atoms with Crippen LogP contribution in [0.1, 0.15) is 37.4 Å². The van der Waals surface area contributed by atoms with E-state index < -0.39 is 7.82 Å². The Morgan fingerprint density at radius 2 is 1.88 bits per heavy atom. The number of methoxy groups -OCH3 is 3. The van der Waals surface area contributed by atoms with Gasteiger partial charge in [-0.1, -0.05) is 6.07 Å². The molecular weight excluding hydrogens is 437 g/mol. The van der Waals surface area contributed by atoms with E-state index >= 15 is 0 Å². The molecule has 0 spiro atoms. The van der Waals surface area contributed by atoms with E-state index in [1.165, 1.54) is 14.0 Å². The molecule has 32 heavy (non-hydrogen) atoms. The highest BCUT2D eigenvalue weighted by molar-refractivity contribution is 7.47. The summed E-state index contributed by atoms with van der Waals surface area (Å²) in [6, 6.07) is 6.53. The molecule has 2 atom stereocenters. The van der Waals surface area contributed by atoms with Crippen molar-refractivity contribution in [3.8, 4) is 34.1 Å². The molecule has 3 rings (SSSR count). The predicted molar refractivity (Wildman–Crippen MR) is 118 cm³/mol. The third kappa shape index (κ3) is 4.85. The molecule has 0 saturated heterocycles. The van der Waals surface area contributed by atoms with Crippen LogP contribution in [0.3, 0.4) is 0 Å². The van der Waals surface area contributed by atoms with E-state index in [4.69, 9.17) is 23.3 Å². The van der Waals surface area contributed by atoms with Gasteiger partial charge >= 0.3 is 7.82 Å². The van der Waals surface area contributed by atoms with Crippen LogP contribution >= 0.6 is 7.82 Å². The summed E-state index contributed by atoms with van der Waals surface area (Å²) in [7, 11) is 0.384. The van der Waals surface area contributed by atoms with Crippen LogP contribution in [0.25, 0.3) is 11.1 Å². The average molecular weight is 465 g/mol. The molecule has 0 heterocycles. The van der Waals surface area contributed by atoms with Gasteiger partial charge in [0.05, 0.1) is 34.0 Å². The maximum Gasteiger partial charge on any atom is 0.527 e. The minimum Gasteiger partial charge on any atom is -0.493 e. The number of hydrogen-bond acceptors (Lipinski definition) is 7. The fourth-order valence-corrected chi connectivity index (χ4v) is 4.75. The van der Waals surface area contributed by atoms with Crippen molar-refractivity contribution in [3.05, 3.63) is 35.4 Å². The third-order valence-electron chi connectivity index (χ3n) is 5.17. The van der Waals surface area contributed by atoms with E-state index in [-0.39, 0.29) is 24.3 Å². The molecule has 0 radical (unpaired) electrons. The zero-order valence-corrected chi connectivity index (χ0v) is 19.7. The second-order valence-corrected chi connectivity index (χ2v) is 8.58. The fraction of sp³-hybridized carbons (Fsp3) is 0.409. The SMILES string of the molecule is CCOP(=O)(O)Oc1ccc2c(c1)[C@@H](NC(C)=O)CCc1cc(OC)c(OC)c(OC)c1-2. The summed E-state index contributed by atoms with van der Waals surface area (Å²) in [4.78, 5) is 21.8. The molecule has 1 aliphatic carbocycles. The Bertz CT molecular complexity index is 1050. The van der Waals surface area contributed by atoms with Gasteiger partial charge in [-0.25, -0.2) is 4.57 Å². The van der Waals surface area contributed by atoms with Crippen LogP contribution in [0, 0.1) is 0 Å². The molecule has 2 aromatic rings. The van der Waals surface area contributed by atoms with Crippen molar-refractivity contribution < 1.29 is 37.5 Å². The van der Waals surface area contributed by atoms with Crippen LogP contribution in [-0.4, -0.2) is 38.7 Å². The molecule has 10 heteroatoms. The minimum absolute atomic E-state index is 0.0272. The van der Waals surface area contributed by atoms with E-state index in [0.29, 0.717) is 30.1 Å². The molecule has 0 bridgehead atoms. The fourth-order valence-electron chi connectivity index (χ4n) is 3.99. The minimum atomic E-state index is -4.26. The van der Waals surface area contributed by atoms with Crippen molar-refractivity contribution in [2.24, 2.45) is 0 Å². The Hall–Kier alpha value is -2.74. The number of amides is 1. The van der Waals surface area contributed by atoms with E-state index in [1.807, 2.05) is 6.07 Å². The maximum atomic E-state index is 12.1. The maximum absolute atomic E-state index is 12.1. The number of fused-ring (bicyclic) bond motifs is 3. The van der Waals surface area contributed by atoms with Gasteiger partial charge in [0, 0.05) is 12.5 Å². The van der Waals surface area contributed by atoms with Crippen molar-refractivity contribution >= 4 is 13.7 Å². The van der Waals surface area contributed by atoms with Gasteiger partial charge in [-0.15, -0.1) is 0 Å². The van der Waals surface area contributed by atoms with Crippen molar-refractivity contribution in [2.75, 3.05) is 27.9 Å². The first-order valence-electron chi connectivity index (χ1n) is 10.1. The van der Waals surface area contributed by atoms with Crippen LogP contribution in [-0.2, 0) is 20.3 Å². The van der Waals surface area contributed by atoms with Gasteiger partial charge in [-0.2, -0.15) is 0 Å². The molecule has 0 fully saturated rings. The van der Waals surface area contributed by atoms with Crippen molar-refractivity contribution in [1.82, 2.24) is 5.32 Å². The van der Waals surface area contributed by atoms with Crippen molar-refractivity contribution in [1.29, 1.82) is 0 Å².